The second kappa shape index (κ2) is 6.12. The number of hydrogen-bond donors (Lipinski definition) is 0. The van der Waals surface area contributed by atoms with E-state index in [0.29, 0.717) is 0 Å². The van der Waals surface area contributed by atoms with Crippen LogP contribution in [0.5, 0.6) is 11.5 Å². The second-order valence-corrected chi connectivity index (χ2v) is 1.96. The Bertz CT molecular complexity index is 231. The van der Waals surface area contributed by atoms with Crippen molar-refractivity contribution in [2.24, 2.45) is 0 Å². The Morgan fingerprint density at radius 2 is 1.67 bits per heavy atom. The molecular formula is C9H11NaO2. The molecule has 3 heteroatoms. The van der Waals surface area contributed by atoms with E-state index >= 15 is 0 Å². The van der Waals surface area contributed by atoms with Crippen molar-refractivity contribution in [1.29, 1.82) is 0 Å². The van der Waals surface area contributed by atoms with Crippen LogP contribution >= 0.6 is 0 Å². The molecule has 12 heavy (non-hydrogen) atoms. The molecule has 2 nitrogen and oxygen atoms in total. The van der Waals surface area contributed by atoms with Crippen molar-refractivity contribution in [2.75, 3.05) is 7.11 Å². The predicted molar refractivity (Wildman–Crippen MR) is 51.0 cm³/mol. The molecule has 0 saturated heterocycles. The molecule has 0 atom stereocenters. The summed E-state index contributed by atoms with van der Waals surface area (Å²) in [5.41, 5.74) is 0. The summed E-state index contributed by atoms with van der Waals surface area (Å²) < 4.78 is 9.98. The summed E-state index contributed by atoms with van der Waals surface area (Å²) in [7, 11) is 1.63. The van der Waals surface area contributed by atoms with E-state index in [-0.39, 0.29) is 29.6 Å². The van der Waals surface area contributed by atoms with Crippen molar-refractivity contribution >= 4 is 29.6 Å². The Hall–Kier alpha value is -0.440. The molecule has 0 spiro atoms. The van der Waals surface area contributed by atoms with Gasteiger partial charge in [0.2, 0.25) is 0 Å². The summed E-state index contributed by atoms with van der Waals surface area (Å²) in [6, 6.07) is 7.30. The molecule has 0 fully saturated rings. The maximum absolute atomic E-state index is 5.01. The number of benzene rings is 1. The van der Waals surface area contributed by atoms with Crippen molar-refractivity contribution in [2.45, 2.75) is 0 Å². The fourth-order valence-electron chi connectivity index (χ4n) is 0.751. The predicted octanol–water partition coefficient (Wildman–Crippen LogP) is 1.57. The van der Waals surface area contributed by atoms with E-state index < -0.39 is 0 Å². The van der Waals surface area contributed by atoms with E-state index in [9.17, 15) is 0 Å². The second-order valence-electron chi connectivity index (χ2n) is 1.96. The van der Waals surface area contributed by atoms with E-state index in [4.69, 9.17) is 9.47 Å². The van der Waals surface area contributed by atoms with Crippen molar-refractivity contribution in [3.05, 3.63) is 37.1 Å². The Balaban J connectivity index is 0.00000121. The van der Waals surface area contributed by atoms with Gasteiger partial charge < -0.3 is 9.47 Å². The van der Waals surface area contributed by atoms with Crippen LogP contribution in [-0.2, 0) is 0 Å². The molecule has 60 valence electrons. The third-order valence-corrected chi connectivity index (χ3v) is 1.28. The fraction of sp³-hybridized carbons (Fsp3) is 0.111. The van der Waals surface area contributed by atoms with E-state index in [1.165, 1.54) is 6.26 Å². The zero-order chi connectivity index (χ0) is 8.10. The van der Waals surface area contributed by atoms with Gasteiger partial charge in [-0.2, -0.15) is 0 Å². The molecule has 0 saturated carbocycles. The van der Waals surface area contributed by atoms with Crippen LogP contribution in [0.15, 0.2) is 37.1 Å². The Morgan fingerprint density at radius 1 is 1.17 bits per heavy atom. The first kappa shape index (κ1) is 11.6. The van der Waals surface area contributed by atoms with Gasteiger partial charge in [0.1, 0.15) is 11.5 Å². The van der Waals surface area contributed by atoms with Crippen molar-refractivity contribution in [3.8, 4) is 11.5 Å². The van der Waals surface area contributed by atoms with Crippen LogP contribution in [0.2, 0.25) is 0 Å². The summed E-state index contributed by atoms with van der Waals surface area (Å²) in [5.74, 6) is 1.59. The summed E-state index contributed by atoms with van der Waals surface area (Å²) >= 11 is 0. The zero-order valence-electron chi connectivity index (χ0n) is 6.41. The van der Waals surface area contributed by atoms with Gasteiger partial charge in [0.15, 0.2) is 0 Å². The SMILES string of the molecule is C=COc1ccc(OC)cc1.[NaH]. The molecular weight excluding hydrogens is 163 g/mol. The topological polar surface area (TPSA) is 18.5 Å². The molecule has 0 N–H and O–H groups in total. The molecule has 0 heterocycles. The van der Waals surface area contributed by atoms with E-state index in [1.807, 2.05) is 24.3 Å². The normalized spacial score (nSPS) is 8.08. The number of rotatable bonds is 3. The molecule has 0 unspecified atom stereocenters. The molecule has 1 aromatic rings. The van der Waals surface area contributed by atoms with Gasteiger partial charge in [0.05, 0.1) is 13.4 Å². The Kier molecular flexibility index (Phi) is 5.89. The van der Waals surface area contributed by atoms with Gasteiger partial charge in [-0.1, -0.05) is 6.58 Å². The minimum atomic E-state index is 0. The van der Waals surface area contributed by atoms with Gasteiger partial charge in [0, 0.05) is 0 Å². The van der Waals surface area contributed by atoms with Crippen LogP contribution < -0.4 is 9.47 Å². The van der Waals surface area contributed by atoms with Gasteiger partial charge in [-0.05, 0) is 24.3 Å². The quantitative estimate of drug-likeness (QED) is 0.511. The van der Waals surface area contributed by atoms with Crippen LogP contribution in [0.3, 0.4) is 0 Å². The molecule has 0 aliphatic heterocycles. The van der Waals surface area contributed by atoms with Gasteiger partial charge >= 0.3 is 29.6 Å². The van der Waals surface area contributed by atoms with E-state index in [2.05, 4.69) is 6.58 Å². The van der Waals surface area contributed by atoms with E-state index in [1.54, 1.807) is 7.11 Å². The minimum absolute atomic E-state index is 0. The number of methoxy groups -OCH3 is 1. The van der Waals surface area contributed by atoms with Crippen LogP contribution in [0.25, 0.3) is 0 Å². The first-order valence-electron chi connectivity index (χ1n) is 3.28. The fourth-order valence-corrected chi connectivity index (χ4v) is 0.751. The average Bonchev–Trinajstić information content (AvgIpc) is 2.07. The number of ether oxygens (including phenoxy) is 2. The van der Waals surface area contributed by atoms with Gasteiger partial charge in [-0.3, -0.25) is 0 Å². The van der Waals surface area contributed by atoms with Gasteiger partial charge in [-0.25, -0.2) is 0 Å². The molecule has 0 amide bonds. The third-order valence-electron chi connectivity index (χ3n) is 1.28. The molecule has 0 aromatic heterocycles. The van der Waals surface area contributed by atoms with Gasteiger partial charge in [-0.15, -0.1) is 0 Å². The first-order valence-corrected chi connectivity index (χ1v) is 3.28. The van der Waals surface area contributed by atoms with Crippen LogP contribution in [-0.4, -0.2) is 36.7 Å². The van der Waals surface area contributed by atoms with Crippen molar-refractivity contribution < 1.29 is 9.47 Å². The van der Waals surface area contributed by atoms with Gasteiger partial charge in [0.25, 0.3) is 0 Å². The summed E-state index contributed by atoms with van der Waals surface area (Å²) in [6.45, 7) is 3.45. The molecule has 0 bridgehead atoms. The molecule has 0 aliphatic carbocycles. The molecule has 1 aromatic carbocycles. The molecule has 0 aliphatic rings. The van der Waals surface area contributed by atoms with Crippen molar-refractivity contribution in [3.63, 3.8) is 0 Å². The molecule has 0 radical (unpaired) electrons. The summed E-state index contributed by atoms with van der Waals surface area (Å²) in [5, 5.41) is 0. The average molecular weight is 174 g/mol. The zero-order valence-corrected chi connectivity index (χ0v) is 6.41. The summed E-state index contributed by atoms with van der Waals surface area (Å²) in [4.78, 5) is 0. The van der Waals surface area contributed by atoms with Crippen LogP contribution in [0.1, 0.15) is 0 Å². The maximum atomic E-state index is 5.01. The van der Waals surface area contributed by atoms with Crippen LogP contribution in [0, 0.1) is 0 Å². The standard InChI is InChI=1S/C9H10O2.Na.H/c1-3-11-9-6-4-8(10-2)5-7-9;;/h3-7H,1H2,2H3;;. The van der Waals surface area contributed by atoms with E-state index in [0.717, 1.165) is 11.5 Å². The Morgan fingerprint density at radius 3 is 2.08 bits per heavy atom. The van der Waals surface area contributed by atoms with Crippen LogP contribution in [0.4, 0.5) is 0 Å². The van der Waals surface area contributed by atoms with Crippen molar-refractivity contribution in [1.82, 2.24) is 0 Å². The first-order chi connectivity index (χ1) is 5.36. The summed E-state index contributed by atoms with van der Waals surface area (Å²) in [6.07, 6.45) is 1.39. The monoisotopic (exact) mass is 174 g/mol. The third kappa shape index (κ3) is 3.30. The molecule has 1 rings (SSSR count). The Labute approximate surface area is 94.5 Å². The number of hydrogen-bond acceptors (Lipinski definition) is 2.